The van der Waals surface area contributed by atoms with Crippen LogP contribution in [0.1, 0.15) is 32.1 Å². The van der Waals surface area contributed by atoms with Gasteiger partial charge in [-0.25, -0.2) is 0 Å². The van der Waals surface area contributed by atoms with Gasteiger partial charge in [-0.2, -0.15) is 0 Å². The summed E-state index contributed by atoms with van der Waals surface area (Å²) in [5, 5.41) is 3.47. The Morgan fingerprint density at radius 2 is 1.83 bits per heavy atom. The average Bonchev–Trinajstić information content (AvgIpc) is 2.50. The number of hydrogen-bond acceptors (Lipinski definition) is 3. The lowest BCUT2D eigenvalue weighted by atomic mass is 9.81. The van der Waals surface area contributed by atoms with Gasteiger partial charge in [-0.15, -0.1) is 12.4 Å². The van der Waals surface area contributed by atoms with Crippen molar-refractivity contribution in [2.45, 2.75) is 37.6 Å². The summed E-state index contributed by atoms with van der Waals surface area (Å²) >= 11 is 11.7. The van der Waals surface area contributed by atoms with Crippen LogP contribution in [-0.4, -0.2) is 35.8 Å². The molecule has 0 radical (unpaired) electrons. The number of likely N-dealkylation sites (N-methyl/N-ethyl adjacent to an activating group) is 1. The quantitative estimate of drug-likeness (QED) is 0.821. The van der Waals surface area contributed by atoms with E-state index >= 15 is 0 Å². The highest BCUT2D eigenvalue weighted by Gasteiger charge is 2.37. The van der Waals surface area contributed by atoms with Crippen LogP contribution in [0.25, 0.3) is 0 Å². The Kier molecular flexibility index (Phi) is 7.80. The predicted octanol–water partition coefficient (Wildman–Crippen LogP) is 3.47. The van der Waals surface area contributed by atoms with E-state index in [4.69, 9.17) is 28.9 Å². The van der Waals surface area contributed by atoms with Crippen molar-refractivity contribution >= 4 is 53.1 Å². The van der Waals surface area contributed by atoms with Gasteiger partial charge in [0.15, 0.2) is 0 Å². The lowest BCUT2D eigenvalue weighted by Crippen LogP contribution is -2.56. The first kappa shape index (κ1) is 21.0. The van der Waals surface area contributed by atoms with Gasteiger partial charge >= 0.3 is 0 Å². The van der Waals surface area contributed by atoms with E-state index in [2.05, 4.69) is 5.32 Å². The molecule has 0 spiro atoms. The number of carbonyl (C=O) groups is 2. The number of rotatable bonds is 4. The molecule has 1 aliphatic rings. The van der Waals surface area contributed by atoms with Crippen LogP contribution in [0.15, 0.2) is 18.2 Å². The van der Waals surface area contributed by atoms with Crippen molar-refractivity contribution in [1.29, 1.82) is 0 Å². The summed E-state index contributed by atoms with van der Waals surface area (Å²) in [5.41, 5.74) is 5.91. The summed E-state index contributed by atoms with van der Waals surface area (Å²) in [7, 11) is 1.60. The van der Waals surface area contributed by atoms with E-state index in [0.29, 0.717) is 28.6 Å². The molecule has 0 atom stereocenters. The van der Waals surface area contributed by atoms with Crippen LogP contribution in [-0.2, 0) is 9.59 Å². The maximum Gasteiger partial charge on any atom is 0.243 e. The van der Waals surface area contributed by atoms with Crippen molar-refractivity contribution in [3.8, 4) is 0 Å². The minimum atomic E-state index is -0.836. The number of nitrogens with two attached hydrogens (primary N) is 1. The van der Waals surface area contributed by atoms with Gasteiger partial charge in [0.05, 0.1) is 22.1 Å². The minimum absolute atomic E-state index is 0. The number of amides is 2. The second kappa shape index (κ2) is 8.90. The number of nitrogens with zero attached hydrogens (tertiary/aromatic N) is 1. The Labute approximate surface area is 158 Å². The summed E-state index contributed by atoms with van der Waals surface area (Å²) in [5.74, 6) is -0.486. The van der Waals surface area contributed by atoms with Gasteiger partial charge in [-0.1, -0.05) is 42.5 Å². The van der Waals surface area contributed by atoms with Crippen LogP contribution >= 0.6 is 35.6 Å². The fourth-order valence-corrected chi connectivity index (χ4v) is 3.14. The molecular formula is C16H22Cl3N3O2. The Morgan fingerprint density at radius 1 is 1.21 bits per heavy atom. The number of halogens is 3. The van der Waals surface area contributed by atoms with Crippen molar-refractivity contribution in [3.05, 3.63) is 28.2 Å². The molecule has 0 aromatic heterocycles. The van der Waals surface area contributed by atoms with Crippen LogP contribution in [0.4, 0.5) is 5.69 Å². The Balaban J connectivity index is 0.00000288. The molecule has 134 valence electrons. The molecule has 0 unspecified atom stereocenters. The standard InChI is InChI=1S/C16H21Cl2N3O2.ClH/c1-21(15(23)16(19)7-3-2-4-8-16)10-14(22)20-11-5-6-12(17)13(18)9-11;/h5-6,9H,2-4,7-8,10,19H2,1H3,(H,20,22);1H. The molecule has 2 amide bonds. The van der Waals surface area contributed by atoms with Crippen LogP contribution in [0.3, 0.4) is 0 Å². The number of hydrogen-bond donors (Lipinski definition) is 2. The normalized spacial score (nSPS) is 16.0. The summed E-state index contributed by atoms with van der Waals surface area (Å²) in [6.45, 7) is -0.0575. The molecule has 1 aromatic carbocycles. The second-order valence-corrected chi connectivity index (χ2v) is 6.87. The highest BCUT2D eigenvalue weighted by molar-refractivity contribution is 6.42. The van der Waals surface area contributed by atoms with Gasteiger partial charge in [0.25, 0.3) is 0 Å². The second-order valence-electron chi connectivity index (χ2n) is 6.06. The van der Waals surface area contributed by atoms with Crippen molar-refractivity contribution in [3.63, 3.8) is 0 Å². The van der Waals surface area contributed by atoms with Crippen LogP contribution in [0, 0.1) is 0 Å². The summed E-state index contributed by atoms with van der Waals surface area (Å²) in [4.78, 5) is 26.0. The van der Waals surface area contributed by atoms with Crippen LogP contribution in [0.5, 0.6) is 0 Å². The SMILES string of the molecule is CN(CC(=O)Nc1ccc(Cl)c(Cl)c1)C(=O)C1(N)CCCCC1.Cl. The zero-order valence-electron chi connectivity index (χ0n) is 13.5. The van der Waals surface area contributed by atoms with Gasteiger partial charge in [0.1, 0.15) is 0 Å². The third kappa shape index (κ3) is 5.24. The van der Waals surface area contributed by atoms with E-state index in [1.807, 2.05) is 0 Å². The van der Waals surface area contributed by atoms with Crippen LogP contribution in [0.2, 0.25) is 10.0 Å². The number of nitrogens with one attached hydrogen (secondary N) is 1. The van der Waals surface area contributed by atoms with Crippen molar-refractivity contribution < 1.29 is 9.59 Å². The topological polar surface area (TPSA) is 75.4 Å². The maximum absolute atomic E-state index is 12.5. The van der Waals surface area contributed by atoms with Crippen LogP contribution < -0.4 is 11.1 Å². The van der Waals surface area contributed by atoms with Gasteiger partial charge in [0.2, 0.25) is 11.8 Å². The molecule has 5 nitrogen and oxygen atoms in total. The fraction of sp³-hybridized carbons (Fsp3) is 0.500. The molecule has 1 aliphatic carbocycles. The van der Waals surface area contributed by atoms with E-state index in [1.54, 1.807) is 25.2 Å². The van der Waals surface area contributed by atoms with E-state index in [9.17, 15) is 9.59 Å². The number of carbonyl (C=O) groups excluding carboxylic acids is 2. The maximum atomic E-state index is 12.5. The highest BCUT2D eigenvalue weighted by Crippen LogP contribution is 2.27. The first-order chi connectivity index (χ1) is 10.8. The molecule has 0 saturated heterocycles. The zero-order chi connectivity index (χ0) is 17.0. The lowest BCUT2D eigenvalue weighted by Gasteiger charge is -2.35. The molecular weight excluding hydrogens is 373 g/mol. The zero-order valence-corrected chi connectivity index (χ0v) is 15.8. The molecule has 3 N–H and O–H groups in total. The lowest BCUT2D eigenvalue weighted by molar-refractivity contribution is -0.139. The minimum Gasteiger partial charge on any atom is -0.335 e. The summed E-state index contributed by atoms with van der Waals surface area (Å²) < 4.78 is 0. The smallest absolute Gasteiger partial charge is 0.243 e. The first-order valence-electron chi connectivity index (χ1n) is 7.61. The van der Waals surface area contributed by atoms with Gasteiger partial charge < -0.3 is 16.0 Å². The highest BCUT2D eigenvalue weighted by atomic mass is 35.5. The molecule has 1 fully saturated rings. The third-order valence-electron chi connectivity index (χ3n) is 4.10. The third-order valence-corrected chi connectivity index (χ3v) is 4.84. The Bertz CT molecular complexity index is 604. The monoisotopic (exact) mass is 393 g/mol. The van der Waals surface area contributed by atoms with Crippen molar-refractivity contribution in [2.24, 2.45) is 5.73 Å². The predicted molar refractivity (Wildman–Crippen MR) is 100.0 cm³/mol. The van der Waals surface area contributed by atoms with E-state index < -0.39 is 5.54 Å². The van der Waals surface area contributed by atoms with E-state index in [-0.39, 0.29) is 30.8 Å². The molecule has 24 heavy (non-hydrogen) atoms. The summed E-state index contributed by atoms with van der Waals surface area (Å²) in [6.07, 6.45) is 4.35. The Morgan fingerprint density at radius 3 is 2.42 bits per heavy atom. The molecule has 1 aromatic rings. The van der Waals surface area contributed by atoms with Gasteiger partial charge in [0, 0.05) is 12.7 Å². The molecule has 0 bridgehead atoms. The van der Waals surface area contributed by atoms with Gasteiger partial charge in [-0.3, -0.25) is 9.59 Å². The largest absolute Gasteiger partial charge is 0.335 e. The fourth-order valence-electron chi connectivity index (χ4n) is 2.84. The average molecular weight is 395 g/mol. The first-order valence-corrected chi connectivity index (χ1v) is 8.37. The number of anilines is 1. The van der Waals surface area contributed by atoms with Crippen molar-refractivity contribution in [1.82, 2.24) is 4.90 Å². The molecule has 2 rings (SSSR count). The van der Waals surface area contributed by atoms with E-state index in [1.165, 1.54) is 4.90 Å². The molecule has 0 heterocycles. The Hall–Kier alpha value is -1.01. The van der Waals surface area contributed by atoms with Crippen molar-refractivity contribution in [2.75, 3.05) is 18.9 Å². The molecule has 8 heteroatoms. The van der Waals surface area contributed by atoms with Gasteiger partial charge in [-0.05, 0) is 31.0 Å². The molecule has 1 saturated carbocycles. The van der Waals surface area contributed by atoms with E-state index in [0.717, 1.165) is 19.3 Å². The molecule has 0 aliphatic heterocycles. The number of benzene rings is 1. The summed E-state index contributed by atoms with van der Waals surface area (Å²) in [6, 6.07) is 4.82.